The zero-order valence-electron chi connectivity index (χ0n) is 10.8. The fourth-order valence-corrected chi connectivity index (χ4v) is 1.74. The van der Waals surface area contributed by atoms with Gasteiger partial charge in [0.05, 0.1) is 19.0 Å². The van der Waals surface area contributed by atoms with Crippen LogP contribution in [-0.2, 0) is 0 Å². The first-order chi connectivity index (χ1) is 8.88. The second-order valence-corrected chi connectivity index (χ2v) is 4.26. The number of hydrogen-bond donors (Lipinski definition) is 2. The molecular weight excluding hydrogens is 228 g/mol. The van der Waals surface area contributed by atoms with Gasteiger partial charge in [-0.3, -0.25) is 4.98 Å². The van der Waals surface area contributed by atoms with E-state index < -0.39 is 0 Å². The first-order valence-corrected chi connectivity index (χ1v) is 6.46. The topological polar surface area (TPSA) is 59.1 Å². The van der Waals surface area contributed by atoms with Crippen molar-refractivity contribution in [2.24, 2.45) is 0 Å². The Morgan fingerprint density at radius 1 is 1.44 bits per heavy atom. The summed E-state index contributed by atoms with van der Waals surface area (Å²) in [5.74, 6) is 1.35. The molecule has 1 aromatic rings. The van der Waals surface area contributed by atoms with Gasteiger partial charge in [0, 0.05) is 13.1 Å². The van der Waals surface area contributed by atoms with Gasteiger partial charge in [-0.15, -0.1) is 0 Å². The van der Waals surface area contributed by atoms with Crippen LogP contribution >= 0.6 is 0 Å². The average molecular weight is 248 g/mol. The maximum atomic E-state index is 5.45. The van der Waals surface area contributed by atoms with E-state index in [4.69, 9.17) is 4.74 Å². The maximum absolute atomic E-state index is 5.45. The number of aromatic nitrogens is 2. The molecule has 0 spiro atoms. The first-order valence-electron chi connectivity index (χ1n) is 6.46. The SMILES string of the molecule is CCCOc1cncc(NCC2=CCNCC2)n1. The van der Waals surface area contributed by atoms with Crippen LogP contribution < -0.4 is 15.4 Å². The lowest BCUT2D eigenvalue weighted by Crippen LogP contribution is -2.23. The zero-order valence-corrected chi connectivity index (χ0v) is 10.8. The summed E-state index contributed by atoms with van der Waals surface area (Å²) in [6.07, 6.45) is 7.65. The van der Waals surface area contributed by atoms with Crippen LogP contribution in [0.1, 0.15) is 19.8 Å². The molecular formula is C13H20N4O. The molecule has 1 aliphatic rings. The molecule has 1 aromatic heterocycles. The van der Waals surface area contributed by atoms with Crippen LogP contribution in [0.3, 0.4) is 0 Å². The summed E-state index contributed by atoms with van der Waals surface area (Å²) < 4.78 is 5.45. The Morgan fingerprint density at radius 2 is 2.39 bits per heavy atom. The molecule has 0 aliphatic carbocycles. The molecule has 0 atom stereocenters. The van der Waals surface area contributed by atoms with Gasteiger partial charge in [-0.1, -0.05) is 18.6 Å². The van der Waals surface area contributed by atoms with E-state index in [1.165, 1.54) is 5.57 Å². The predicted octanol–water partition coefficient (Wildman–Crippen LogP) is 1.60. The lowest BCUT2D eigenvalue weighted by molar-refractivity contribution is 0.304. The minimum absolute atomic E-state index is 0.584. The molecule has 5 nitrogen and oxygen atoms in total. The van der Waals surface area contributed by atoms with Crippen molar-refractivity contribution in [1.29, 1.82) is 0 Å². The molecule has 2 rings (SSSR count). The molecule has 18 heavy (non-hydrogen) atoms. The number of hydrogen-bond acceptors (Lipinski definition) is 5. The van der Waals surface area contributed by atoms with E-state index in [1.54, 1.807) is 12.4 Å². The third kappa shape index (κ3) is 4.00. The number of ether oxygens (including phenoxy) is 1. The highest BCUT2D eigenvalue weighted by atomic mass is 16.5. The summed E-state index contributed by atoms with van der Waals surface area (Å²) in [6, 6.07) is 0. The van der Waals surface area contributed by atoms with Crippen LogP contribution in [0.15, 0.2) is 24.0 Å². The Bertz CT molecular complexity index is 406. The maximum Gasteiger partial charge on any atom is 0.234 e. The van der Waals surface area contributed by atoms with Gasteiger partial charge < -0.3 is 15.4 Å². The summed E-state index contributed by atoms with van der Waals surface area (Å²) in [5, 5.41) is 6.57. The number of nitrogens with zero attached hydrogens (tertiary/aromatic N) is 2. The monoisotopic (exact) mass is 248 g/mol. The summed E-state index contributed by atoms with van der Waals surface area (Å²) >= 11 is 0. The van der Waals surface area contributed by atoms with Gasteiger partial charge in [-0.05, 0) is 19.4 Å². The minimum atomic E-state index is 0.584. The molecule has 1 aliphatic heterocycles. The summed E-state index contributed by atoms with van der Waals surface area (Å²) in [5.41, 5.74) is 1.41. The van der Waals surface area contributed by atoms with Crippen molar-refractivity contribution in [1.82, 2.24) is 15.3 Å². The molecule has 2 N–H and O–H groups in total. The Hall–Kier alpha value is -1.62. The number of nitrogens with one attached hydrogen (secondary N) is 2. The molecule has 5 heteroatoms. The van der Waals surface area contributed by atoms with Crippen molar-refractivity contribution in [3.63, 3.8) is 0 Å². The summed E-state index contributed by atoms with van der Waals surface area (Å²) in [7, 11) is 0. The molecule has 0 saturated heterocycles. The zero-order chi connectivity index (χ0) is 12.6. The third-order valence-corrected chi connectivity index (χ3v) is 2.72. The van der Waals surface area contributed by atoms with E-state index in [9.17, 15) is 0 Å². The lowest BCUT2D eigenvalue weighted by atomic mass is 10.1. The first kappa shape index (κ1) is 12.8. The Morgan fingerprint density at radius 3 is 3.17 bits per heavy atom. The Balaban J connectivity index is 1.86. The molecule has 0 amide bonds. The average Bonchev–Trinajstić information content (AvgIpc) is 2.44. The molecule has 0 saturated carbocycles. The molecule has 0 radical (unpaired) electrons. The molecule has 0 fully saturated rings. The quantitative estimate of drug-likeness (QED) is 0.749. The van der Waals surface area contributed by atoms with Gasteiger partial charge in [0.1, 0.15) is 5.82 Å². The van der Waals surface area contributed by atoms with E-state index in [0.717, 1.165) is 38.3 Å². The van der Waals surface area contributed by atoms with Gasteiger partial charge in [-0.25, -0.2) is 0 Å². The molecule has 2 heterocycles. The number of rotatable bonds is 6. The second-order valence-electron chi connectivity index (χ2n) is 4.26. The predicted molar refractivity (Wildman–Crippen MR) is 71.9 cm³/mol. The van der Waals surface area contributed by atoms with E-state index in [-0.39, 0.29) is 0 Å². The van der Waals surface area contributed by atoms with Crippen molar-refractivity contribution in [3.8, 4) is 5.88 Å². The fourth-order valence-electron chi connectivity index (χ4n) is 1.74. The summed E-state index contributed by atoms with van der Waals surface area (Å²) in [4.78, 5) is 8.48. The van der Waals surface area contributed by atoms with Crippen molar-refractivity contribution in [2.45, 2.75) is 19.8 Å². The summed E-state index contributed by atoms with van der Waals surface area (Å²) in [6.45, 7) is 5.59. The highest BCUT2D eigenvalue weighted by Gasteiger charge is 2.04. The van der Waals surface area contributed by atoms with Crippen LogP contribution in [0.4, 0.5) is 5.82 Å². The Kier molecular flexibility index (Phi) is 4.96. The van der Waals surface area contributed by atoms with Gasteiger partial charge in [-0.2, -0.15) is 4.98 Å². The second kappa shape index (κ2) is 6.96. The Labute approximate surface area is 108 Å². The lowest BCUT2D eigenvalue weighted by Gasteiger charge is -2.15. The van der Waals surface area contributed by atoms with E-state index in [0.29, 0.717) is 12.5 Å². The van der Waals surface area contributed by atoms with Crippen LogP contribution in [0.5, 0.6) is 5.88 Å². The number of anilines is 1. The van der Waals surface area contributed by atoms with Gasteiger partial charge in [0.25, 0.3) is 0 Å². The minimum Gasteiger partial charge on any atom is -0.477 e. The van der Waals surface area contributed by atoms with Crippen LogP contribution in [0.25, 0.3) is 0 Å². The highest BCUT2D eigenvalue weighted by Crippen LogP contribution is 2.11. The van der Waals surface area contributed by atoms with Gasteiger partial charge in [0.15, 0.2) is 0 Å². The van der Waals surface area contributed by atoms with E-state index >= 15 is 0 Å². The van der Waals surface area contributed by atoms with Crippen molar-refractivity contribution in [3.05, 3.63) is 24.0 Å². The molecule has 0 unspecified atom stereocenters. The van der Waals surface area contributed by atoms with Crippen LogP contribution in [-0.4, -0.2) is 36.2 Å². The fraction of sp³-hybridized carbons (Fsp3) is 0.538. The van der Waals surface area contributed by atoms with Crippen molar-refractivity contribution >= 4 is 5.82 Å². The largest absolute Gasteiger partial charge is 0.477 e. The molecule has 98 valence electrons. The van der Waals surface area contributed by atoms with E-state index in [1.807, 2.05) is 0 Å². The van der Waals surface area contributed by atoms with Crippen molar-refractivity contribution < 1.29 is 4.74 Å². The van der Waals surface area contributed by atoms with Crippen LogP contribution in [0.2, 0.25) is 0 Å². The molecule has 0 bridgehead atoms. The van der Waals surface area contributed by atoms with E-state index in [2.05, 4.69) is 33.6 Å². The van der Waals surface area contributed by atoms with Gasteiger partial charge in [0.2, 0.25) is 5.88 Å². The standard InChI is InChI=1S/C13H20N4O/c1-2-7-18-13-10-15-9-12(17-13)16-8-11-3-5-14-6-4-11/h3,9-10,14H,2,4-8H2,1H3,(H,16,17). The smallest absolute Gasteiger partial charge is 0.234 e. The van der Waals surface area contributed by atoms with Crippen molar-refractivity contribution in [2.75, 3.05) is 31.6 Å². The molecule has 0 aromatic carbocycles. The normalized spacial score (nSPS) is 15.1. The third-order valence-electron chi connectivity index (χ3n) is 2.72. The van der Waals surface area contributed by atoms with Crippen LogP contribution in [0, 0.1) is 0 Å². The van der Waals surface area contributed by atoms with Gasteiger partial charge >= 0.3 is 0 Å². The highest BCUT2D eigenvalue weighted by molar-refractivity contribution is 5.35.